The molecule has 0 bridgehead atoms. The maximum Gasteiger partial charge on any atom is 0.193 e. The third-order valence-corrected chi connectivity index (χ3v) is 5.77. The molecule has 1 N–H and O–H groups in total. The number of hydrogen-bond donors (Lipinski definition) is 1. The van der Waals surface area contributed by atoms with E-state index in [0.29, 0.717) is 0 Å². The molecule has 0 aromatic rings. The number of rotatable bonds is 6. The summed E-state index contributed by atoms with van der Waals surface area (Å²) in [7, 11) is 1.90. The first-order chi connectivity index (χ1) is 10.8. The third kappa shape index (κ3) is 7.79. The highest BCUT2D eigenvalue weighted by Gasteiger charge is 2.21. The van der Waals surface area contributed by atoms with Crippen LogP contribution in [0.4, 0.5) is 0 Å². The molecule has 0 saturated carbocycles. The Morgan fingerprint density at radius 3 is 2.74 bits per heavy atom. The van der Waals surface area contributed by atoms with Crippen molar-refractivity contribution in [2.75, 3.05) is 65.3 Å². The fraction of sp³-hybridized carbons (Fsp3) is 0.938. The first-order valence-corrected chi connectivity index (χ1v) is 9.75. The van der Waals surface area contributed by atoms with Crippen LogP contribution in [0, 0.1) is 0 Å². The highest BCUT2D eigenvalue weighted by Crippen LogP contribution is 2.20. The summed E-state index contributed by atoms with van der Waals surface area (Å²) in [5, 5.41) is 4.30. The van der Waals surface area contributed by atoms with Gasteiger partial charge in [0.05, 0.1) is 13.2 Å². The average Bonchev–Trinajstić information content (AvgIpc) is 2.59. The van der Waals surface area contributed by atoms with Gasteiger partial charge >= 0.3 is 0 Å². The molecule has 7 heteroatoms. The summed E-state index contributed by atoms with van der Waals surface area (Å²) in [6, 6.07) is 0. The van der Waals surface area contributed by atoms with E-state index in [1.165, 1.54) is 31.6 Å². The van der Waals surface area contributed by atoms with Gasteiger partial charge in [-0.2, -0.15) is 11.8 Å². The minimum Gasteiger partial charge on any atom is -0.379 e. The smallest absolute Gasteiger partial charge is 0.193 e. The van der Waals surface area contributed by atoms with Gasteiger partial charge in [-0.1, -0.05) is 6.92 Å². The lowest BCUT2D eigenvalue weighted by atomic mass is 10.2. The van der Waals surface area contributed by atoms with Crippen LogP contribution in [-0.2, 0) is 4.74 Å². The van der Waals surface area contributed by atoms with Crippen LogP contribution in [0.2, 0.25) is 0 Å². The summed E-state index contributed by atoms with van der Waals surface area (Å²) < 4.78 is 5.38. The SMILES string of the molecule is CCC1CN(C(=NC)NCCCCN2CCOCC2)CCS1.I. The number of unbranched alkanes of at least 4 members (excludes halogenated alkanes) is 1. The van der Waals surface area contributed by atoms with Gasteiger partial charge in [0, 0.05) is 50.8 Å². The summed E-state index contributed by atoms with van der Waals surface area (Å²) in [5.74, 6) is 2.31. The molecule has 136 valence electrons. The molecule has 2 aliphatic rings. The highest BCUT2D eigenvalue weighted by atomic mass is 127. The molecule has 2 aliphatic heterocycles. The zero-order valence-electron chi connectivity index (χ0n) is 14.6. The second-order valence-electron chi connectivity index (χ2n) is 5.98. The molecule has 0 aromatic heterocycles. The van der Waals surface area contributed by atoms with Crippen molar-refractivity contribution < 1.29 is 4.74 Å². The lowest BCUT2D eigenvalue weighted by Gasteiger charge is -2.34. The topological polar surface area (TPSA) is 40.1 Å². The van der Waals surface area contributed by atoms with Gasteiger partial charge in [0.15, 0.2) is 5.96 Å². The van der Waals surface area contributed by atoms with Crippen LogP contribution in [0.25, 0.3) is 0 Å². The van der Waals surface area contributed by atoms with Crippen molar-refractivity contribution in [2.24, 2.45) is 4.99 Å². The lowest BCUT2D eigenvalue weighted by molar-refractivity contribution is 0.0372. The van der Waals surface area contributed by atoms with Gasteiger partial charge in [-0.3, -0.25) is 9.89 Å². The Bertz CT molecular complexity index is 340. The molecule has 23 heavy (non-hydrogen) atoms. The standard InChI is InChI=1S/C16H32N4OS.HI/c1-3-15-14-20(10-13-22-15)16(17-2)18-6-4-5-7-19-8-11-21-12-9-19;/h15H,3-14H2,1-2H3,(H,17,18);1H. The minimum absolute atomic E-state index is 0. The normalized spacial score (nSPS) is 23.5. The monoisotopic (exact) mass is 456 g/mol. The number of ether oxygens (including phenoxy) is 1. The second kappa shape index (κ2) is 12.6. The number of nitrogens with zero attached hydrogens (tertiary/aromatic N) is 3. The minimum atomic E-state index is 0. The zero-order chi connectivity index (χ0) is 15.6. The summed E-state index contributed by atoms with van der Waals surface area (Å²) in [6.45, 7) is 10.7. The van der Waals surface area contributed by atoms with Crippen LogP contribution in [-0.4, -0.2) is 86.3 Å². The Kier molecular flexibility index (Phi) is 11.7. The molecule has 0 amide bonds. The molecule has 2 saturated heterocycles. The van der Waals surface area contributed by atoms with Gasteiger partial charge in [0.25, 0.3) is 0 Å². The van der Waals surface area contributed by atoms with Crippen LogP contribution < -0.4 is 5.32 Å². The predicted octanol–water partition coefficient (Wildman–Crippen LogP) is 2.12. The van der Waals surface area contributed by atoms with Crippen LogP contribution in [0.1, 0.15) is 26.2 Å². The largest absolute Gasteiger partial charge is 0.379 e. The first-order valence-electron chi connectivity index (χ1n) is 8.70. The van der Waals surface area contributed by atoms with E-state index in [2.05, 4.69) is 38.8 Å². The van der Waals surface area contributed by atoms with E-state index < -0.39 is 0 Å². The maximum atomic E-state index is 5.38. The number of nitrogens with one attached hydrogen (secondary N) is 1. The van der Waals surface area contributed by atoms with Gasteiger partial charge in [0.2, 0.25) is 0 Å². The summed E-state index contributed by atoms with van der Waals surface area (Å²) in [5.41, 5.74) is 0. The Hall–Kier alpha value is 0.270. The molecule has 1 unspecified atom stereocenters. The van der Waals surface area contributed by atoms with Crippen molar-refractivity contribution in [3.05, 3.63) is 0 Å². The number of guanidine groups is 1. The maximum absolute atomic E-state index is 5.38. The van der Waals surface area contributed by atoms with Crippen LogP contribution in [0.3, 0.4) is 0 Å². The fourth-order valence-corrected chi connectivity index (χ4v) is 4.16. The van der Waals surface area contributed by atoms with E-state index in [4.69, 9.17) is 4.74 Å². The number of halogens is 1. The van der Waals surface area contributed by atoms with Crippen LogP contribution in [0.5, 0.6) is 0 Å². The van der Waals surface area contributed by atoms with Crippen molar-refractivity contribution in [1.29, 1.82) is 0 Å². The second-order valence-corrected chi connectivity index (χ2v) is 7.39. The van der Waals surface area contributed by atoms with E-state index in [1.807, 2.05) is 7.05 Å². The molecule has 2 heterocycles. The fourth-order valence-electron chi connectivity index (χ4n) is 2.98. The average molecular weight is 456 g/mol. The lowest BCUT2D eigenvalue weighted by Crippen LogP contribution is -2.48. The molecule has 0 aliphatic carbocycles. The Morgan fingerprint density at radius 1 is 1.26 bits per heavy atom. The zero-order valence-corrected chi connectivity index (χ0v) is 17.8. The number of thioether (sulfide) groups is 1. The number of morpholine rings is 1. The Morgan fingerprint density at radius 2 is 2.04 bits per heavy atom. The van der Waals surface area contributed by atoms with Crippen molar-refractivity contribution in [3.8, 4) is 0 Å². The van der Waals surface area contributed by atoms with Crippen molar-refractivity contribution in [1.82, 2.24) is 15.1 Å². The van der Waals surface area contributed by atoms with E-state index in [-0.39, 0.29) is 24.0 Å². The van der Waals surface area contributed by atoms with Crippen molar-refractivity contribution >= 4 is 41.7 Å². The van der Waals surface area contributed by atoms with Gasteiger partial charge in [0.1, 0.15) is 0 Å². The van der Waals surface area contributed by atoms with Crippen molar-refractivity contribution in [3.63, 3.8) is 0 Å². The molecular formula is C16H33IN4OS. The van der Waals surface area contributed by atoms with Crippen molar-refractivity contribution in [2.45, 2.75) is 31.4 Å². The first kappa shape index (κ1) is 21.3. The molecule has 0 radical (unpaired) electrons. The summed E-state index contributed by atoms with van der Waals surface area (Å²) >= 11 is 2.10. The summed E-state index contributed by atoms with van der Waals surface area (Å²) in [6.07, 6.45) is 3.70. The van der Waals surface area contributed by atoms with Gasteiger partial charge in [-0.25, -0.2) is 0 Å². The van der Waals surface area contributed by atoms with Crippen LogP contribution >= 0.6 is 35.7 Å². The Labute approximate surface area is 163 Å². The van der Waals surface area contributed by atoms with E-state index in [9.17, 15) is 0 Å². The van der Waals surface area contributed by atoms with E-state index in [1.54, 1.807) is 0 Å². The molecule has 2 fully saturated rings. The molecule has 0 spiro atoms. The highest BCUT2D eigenvalue weighted by molar-refractivity contribution is 14.0. The molecule has 1 atom stereocenters. The van der Waals surface area contributed by atoms with E-state index in [0.717, 1.165) is 57.1 Å². The quantitative estimate of drug-likeness (QED) is 0.287. The molecule has 2 rings (SSSR count). The van der Waals surface area contributed by atoms with Gasteiger partial charge in [-0.15, -0.1) is 24.0 Å². The van der Waals surface area contributed by atoms with Gasteiger partial charge in [-0.05, 0) is 25.8 Å². The summed E-state index contributed by atoms with van der Waals surface area (Å²) in [4.78, 5) is 9.39. The number of hydrogen-bond acceptors (Lipinski definition) is 4. The van der Waals surface area contributed by atoms with Gasteiger partial charge < -0.3 is 15.0 Å². The molecule has 0 aromatic carbocycles. The number of aliphatic imine (C=N–C) groups is 1. The van der Waals surface area contributed by atoms with E-state index >= 15 is 0 Å². The molecule has 5 nitrogen and oxygen atoms in total. The molecular weight excluding hydrogens is 423 g/mol. The predicted molar refractivity (Wildman–Crippen MR) is 111 cm³/mol. The Balaban J connectivity index is 0.00000264. The van der Waals surface area contributed by atoms with Crippen LogP contribution in [0.15, 0.2) is 4.99 Å². The third-order valence-electron chi connectivity index (χ3n) is 4.39.